The highest BCUT2D eigenvalue weighted by Crippen LogP contribution is 2.19. The number of aromatic nitrogens is 3. The van der Waals surface area contributed by atoms with Gasteiger partial charge in [-0.1, -0.05) is 6.07 Å². The van der Waals surface area contributed by atoms with Crippen molar-refractivity contribution < 1.29 is 14.3 Å². The SMILES string of the molecule is COCCn1ccnc1NC(=O)c1ccc(Oc2ccccn2)cc1. The smallest absolute Gasteiger partial charge is 0.257 e. The van der Waals surface area contributed by atoms with Crippen LogP contribution in [0.25, 0.3) is 0 Å². The van der Waals surface area contributed by atoms with Crippen molar-refractivity contribution in [3.05, 3.63) is 66.6 Å². The molecule has 0 aliphatic rings. The molecule has 0 spiro atoms. The average Bonchev–Trinajstić information content (AvgIpc) is 3.08. The molecule has 3 rings (SSSR count). The Hall–Kier alpha value is -3.19. The van der Waals surface area contributed by atoms with E-state index in [1.54, 1.807) is 56.0 Å². The van der Waals surface area contributed by atoms with Gasteiger partial charge in [-0.3, -0.25) is 10.1 Å². The van der Waals surface area contributed by atoms with Gasteiger partial charge in [-0.2, -0.15) is 0 Å². The number of rotatable bonds is 7. The summed E-state index contributed by atoms with van der Waals surface area (Å²) in [6.45, 7) is 1.15. The molecule has 7 nitrogen and oxygen atoms in total. The third kappa shape index (κ3) is 4.42. The van der Waals surface area contributed by atoms with Crippen LogP contribution in [0, 0.1) is 0 Å². The maximum Gasteiger partial charge on any atom is 0.257 e. The first-order valence-corrected chi connectivity index (χ1v) is 7.76. The summed E-state index contributed by atoms with van der Waals surface area (Å²) in [7, 11) is 1.63. The number of ether oxygens (including phenoxy) is 2. The normalized spacial score (nSPS) is 10.4. The van der Waals surface area contributed by atoms with Gasteiger partial charge in [-0.15, -0.1) is 0 Å². The number of imidazole rings is 1. The second-order valence-corrected chi connectivity index (χ2v) is 5.19. The molecule has 0 aliphatic heterocycles. The summed E-state index contributed by atoms with van der Waals surface area (Å²) < 4.78 is 12.5. The predicted molar refractivity (Wildman–Crippen MR) is 92.8 cm³/mol. The van der Waals surface area contributed by atoms with Gasteiger partial charge in [-0.05, 0) is 30.3 Å². The van der Waals surface area contributed by atoms with Crippen LogP contribution in [0.5, 0.6) is 11.6 Å². The maximum absolute atomic E-state index is 12.4. The lowest BCUT2D eigenvalue weighted by molar-refractivity contribution is 0.102. The lowest BCUT2D eigenvalue weighted by Gasteiger charge is -2.09. The summed E-state index contributed by atoms with van der Waals surface area (Å²) in [6, 6.07) is 12.3. The van der Waals surface area contributed by atoms with Crippen molar-refractivity contribution in [3.63, 3.8) is 0 Å². The molecule has 0 aliphatic carbocycles. The fraction of sp³-hybridized carbons (Fsp3) is 0.167. The predicted octanol–water partition coefficient (Wildman–Crippen LogP) is 2.97. The van der Waals surface area contributed by atoms with Gasteiger partial charge >= 0.3 is 0 Å². The van der Waals surface area contributed by atoms with E-state index in [1.807, 2.05) is 16.7 Å². The minimum absolute atomic E-state index is 0.241. The van der Waals surface area contributed by atoms with E-state index in [9.17, 15) is 4.79 Å². The Kier molecular flexibility index (Phi) is 5.38. The molecular weight excluding hydrogens is 320 g/mol. The van der Waals surface area contributed by atoms with E-state index in [0.717, 1.165) is 0 Å². The molecule has 1 N–H and O–H groups in total. The molecule has 3 aromatic rings. The number of amides is 1. The Morgan fingerprint density at radius 3 is 2.68 bits per heavy atom. The van der Waals surface area contributed by atoms with E-state index in [-0.39, 0.29) is 5.91 Å². The first-order valence-electron chi connectivity index (χ1n) is 7.76. The molecule has 0 bridgehead atoms. The summed E-state index contributed by atoms with van der Waals surface area (Å²) in [5, 5.41) is 2.79. The molecule has 0 saturated carbocycles. The number of pyridine rings is 1. The van der Waals surface area contributed by atoms with E-state index >= 15 is 0 Å². The number of nitrogens with one attached hydrogen (secondary N) is 1. The largest absolute Gasteiger partial charge is 0.439 e. The summed E-state index contributed by atoms with van der Waals surface area (Å²) in [5.74, 6) is 1.35. The Bertz CT molecular complexity index is 816. The second-order valence-electron chi connectivity index (χ2n) is 5.19. The molecule has 25 heavy (non-hydrogen) atoms. The van der Waals surface area contributed by atoms with Crippen LogP contribution >= 0.6 is 0 Å². The zero-order valence-electron chi connectivity index (χ0n) is 13.8. The summed E-state index contributed by atoms with van der Waals surface area (Å²) >= 11 is 0. The molecule has 1 aromatic carbocycles. The van der Waals surface area contributed by atoms with Crippen molar-refractivity contribution in [2.45, 2.75) is 6.54 Å². The molecule has 0 atom stereocenters. The van der Waals surface area contributed by atoms with E-state index in [0.29, 0.717) is 36.3 Å². The van der Waals surface area contributed by atoms with Gasteiger partial charge in [-0.25, -0.2) is 9.97 Å². The summed E-state index contributed by atoms with van der Waals surface area (Å²) in [5.41, 5.74) is 0.509. The van der Waals surface area contributed by atoms with Crippen LogP contribution in [-0.4, -0.2) is 34.2 Å². The van der Waals surface area contributed by atoms with Gasteiger partial charge in [0, 0.05) is 43.9 Å². The monoisotopic (exact) mass is 338 g/mol. The number of benzene rings is 1. The Morgan fingerprint density at radius 1 is 1.12 bits per heavy atom. The van der Waals surface area contributed by atoms with Gasteiger partial charge in [0.2, 0.25) is 11.8 Å². The Balaban J connectivity index is 1.64. The van der Waals surface area contributed by atoms with E-state index in [1.165, 1.54) is 0 Å². The Morgan fingerprint density at radius 2 is 1.96 bits per heavy atom. The van der Waals surface area contributed by atoms with Crippen LogP contribution in [0.15, 0.2) is 61.1 Å². The highest BCUT2D eigenvalue weighted by atomic mass is 16.5. The van der Waals surface area contributed by atoms with Gasteiger partial charge < -0.3 is 14.0 Å². The molecular formula is C18H18N4O3. The number of anilines is 1. The molecule has 2 aromatic heterocycles. The molecule has 0 saturated heterocycles. The summed E-state index contributed by atoms with van der Waals surface area (Å²) in [6.07, 6.45) is 5.08. The van der Waals surface area contributed by atoms with E-state index in [2.05, 4.69) is 15.3 Å². The highest BCUT2D eigenvalue weighted by molar-refractivity contribution is 6.03. The third-order valence-electron chi connectivity index (χ3n) is 3.45. The standard InChI is InChI=1S/C18H18N4O3/c1-24-13-12-22-11-10-20-18(22)21-17(23)14-5-7-15(8-6-14)25-16-4-2-3-9-19-16/h2-11H,12-13H2,1H3,(H,20,21,23). The molecule has 0 unspecified atom stereocenters. The number of nitrogens with zero attached hydrogens (tertiary/aromatic N) is 3. The van der Waals surface area contributed by atoms with Crippen molar-refractivity contribution in [1.82, 2.24) is 14.5 Å². The van der Waals surface area contributed by atoms with Crippen LogP contribution in [0.1, 0.15) is 10.4 Å². The third-order valence-corrected chi connectivity index (χ3v) is 3.45. The zero-order valence-corrected chi connectivity index (χ0v) is 13.8. The Labute approximate surface area is 145 Å². The van der Waals surface area contributed by atoms with Gasteiger partial charge in [0.25, 0.3) is 5.91 Å². The number of hydrogen-bond donors (Lipinski definition) is 1. The van der Waals surface area contributed by atoms with Crippen molar-refractivity contribution in [2.75, 3.05) is 19.0 Å². The van der Waals surface area contributed by atoms with Crippen molar-refractivity contribution in [2.24, 2.45) is 0 Å². The quantitative estimate of drug-likeness (QED) is 0.716. The maximum atomic E-state index is 12.4. The second kappa shape index (κ2) is 8.07. The molecule has 0 radical (unpaired) electrons. The van der Waals surface area contributed by atoms with Gasteiger partial charge in [0.1, 0.15) is 5.75 Å². The molecule has 1 amide bonds. The van der Waals surface area contributed by atoms with Crippen molar-refractivity contribution in [3.8, 4) is 11.6 Å². The van der Waals surface area contributed by atoms with Crippen LogP contribution in [0.4, 0.5) is 5.95 Å². The van der Waals surface area contributed by atoms with Gasteiger partial charge in [0.05, 0.1) is 6.61 Å². The average molecular weight is 338 g/mol. The molecule has 128 valence electrons. The van der Waals surface area contributed by atoms with Crippen LogP contribution in [0.3, 0.4) is 0 Å². The fourth-order valence-corrected chi connectivity index (χ4v) is 2.18. The van der Waals surface area contributed by atoms with Crippen LogP contribution in [-0.2, 0) is 11.3 Å². The summed E-state index contributed by atoms with van der Waals surface area (Å²) in [4.78, 5) is 20.6. The fourth-order valence-electron chi connectivity index (χ4n) is 2.18. The number of methoxy groups -OCH3 is 1. The highest BCUT2D eigenvalue weighted by Gasteiger charge is 2.10. The minimum atomic E-state index is -0.241. The molecule has 0 fully saturated rings. The van der Waals surface area contributed by atoms with Gasteiger partial charge in [0.15, 0.2) is 0 Å². The lowest BCUT2D eigenvalue weighted by Crippen LogP contribution is -2.16. The minimum Gasteiger partial charge on any atom is -0.439 e. The number of carbonyl (C=O) groups excluding carboxylic acids is 1. The first-order chi connectivity index (χ1) is 12.3. The molecule has 2 heterocycles. The molecule has 7 heteroatoms. The lowest BCUT2D eigenvalue weighted by atomic mass is 10.2. The van der Waals surface area contributed by atoms with E-state index < -0.39 is 0 Å². The van der Waals surface area contributed by atoms with Crippen molar-refractivity contribution in [1.29, 1.82) is 0 Å². The van der Waals surface area contributed by atoms with E-state index in [4.69, 9.17) is 9.47 Å². The first kappa shape index (κ1) is 16.7. The van der Waals surface area contributed by atoms with Crippen LogP contribution < -0.4 is 10.1 Å². The number of hydrogen-bond acceptors (Lipinski definition) is 5. The topological polar surface area (TPSA) is 78.3 Å². The zero-order chi connectivity index (χ0) is 17.5. The number of carbonyl (C=O) groups is 1. The van der Waals surface area contributed by atoms with Crippen LogP contribution in [0.2, 0.25) is 0 Å². The van der Waals surface area contributed by atoms with Crippen molar-refractivity contribution >= 4 is 11.9 Å².